The second-order valence-electron chi connectivity index (χ2n) is 5.53. The molecule has 4 nitrogen and oxygen atoms in total. The number of fused-ring (bicyclic) bond motifs is 1. The molecule has 1 saturated heterocycles. The number of benzene rings is 1. The van der Waals surface area contributed by atoms with Crippen LogP contribution in [0.2, 0.25) is 0 Å². The maximum atomic E-state index is 14.2. The van der Waals surface area contributed by atoms with Crippen LogP contribution in [0, 0.1) is 17.7 Å². The number of amides is 1. The summed E-state index contributed by atoms with van der Waals surface area (Å²) >= 11 is 0. The zero-order valence-corrected chi connectivity index (χ0v) is 11.0. The Hall–Kier alpha value is -1.75. The van der Waals surface area contributed by atoms with Gasteiger partial charge in [0.15, 0.2) is 0 Å². The van der Waals surface area contributed by atoms with E-state index >= 15 is 0 Å². The second kappa shape index (κ2) is 4.98. The van der Waals surface area contributed by atoms with Crippen LogP contribution in [0.15, 0.2) is 12.1 Å². The molecule has 3 unspecified atom stereocenters. The molecule has 3 atom stereocenters. The SMILES string of the molecule is NC(=O)C1CCOC1c1cc(F)c2c(c1)CC(C=O)C2. The average molecular weight is 277 g/mol. The molecular weight excluding hydrogens is 261 g/mol. The highest BCUT2D eigenvalue weighted by Gasteiger charge is 2.35. The molecule has 1 amide bonds. The van der Waals surface area contributed by atoms with Crippen molar-refractivity contribution in [2.75, 3.05) is 6.61 Å². The molecule has 2 aliphatic rings. The molecule has 0 aromatic heterocycles. The van der Waals surface area contributed by atoms with E-state index in [9.17, 15) is 14.0 Å². The van der Waals surface area contributed by atoms with Gasteiger partial charge in [-0.2, -0.15) is 0 Å². The molecule has 1 heterocycles. The van der Waals surface area contributed by atoms with Crippen LogP contribution in [0.25, 0.3) is 0 Å². The van der Waals surface area contributed by atoms with Gasteiger partial charge in [-0.25, -0.2) is 4.39 Å². The third-order valence-electron chi connectivity index (χ3n) is 4.24. The Morgan fingerprint density at radius 2 is 2.20 bits per heavy atom. The van der Waals surface area contributed by atoms with Crippen LogP contribution in [-0.4, -0.2) is 18.8 Å². The summed E-state index contributed by atoms with van der Waals surface area (Å²) in [5.41, 5.74) is 7.46. The van der Waals surface area contributed by atoms with Crippen LogP contribution >= 0.6 is 0 Å². The van der Waals surface area contributed by atoms with Crippen molar-refractivity contribution in [2.45, 2.75) is 25.4 Å². The minimum atomic E-state index is -0.470. The van der Waals surface area contributed by atoms with Gasteiger partial charge in [0.05, 0.1) is 12.0 Å². The number of carbonyl (C=O) groups is 2. The minimum Gasteiger partial charge on any atom is -0.373 e. The molecule has 0 radical (unpaired) electrons. The van der Waals surface area contributed by atoms with Gasteiger partial charge in [0.2, 0.25) is 5.91 Å². The first-order valence-electron chi connectivity index (χ1n) is 6.77. The van der Waals surface area contributed by atoms with E-state index in [1.807, 2.05) is 6.07 Å². The summed E-state index contributed by atoms with van der Waals surface area (Å²) in [6.45, 7) is 0.452. The summed E-state index contributed by atoms with van der Waals surface area (Å²) in [5.74, 6) is -1.29. The lowest BCUT2D eigenvalue weighted by Gasteiger charge is -2.17. The number of aldehydes is 1. The third kappa shape index (κ3) is 2.12. The Morgan fingerprint density at radius 1 is 1.40 bits per heavy atom. The van der Waals surface area contributed by atoms with Gasteiger partial charge in [-0.1, -0.05) is 6.07 Å². The molecule has 1 aliphatic heterocycles. The summed E-state index contributed by atoms with van der Waals surface area (Å²) in [6.07, 6.45) is 1.97. The molecule has 0 spiro atoms. The molecule has 106 valence electrons. The molecule has 1 aromatic carbocycles. The fourth-order valence-corrected chi connectivity index (χ4v) is 3.21. The van der Waals surface area contributed by atoms with E-state index in [0.717, 1.165) is 11.8 Å². The number of rotatable bonds is 3. The Bertz CT molecular complexity index is 572. The fourth-order valence-electron chi connectivity index (χ4n) is 3.21. The van der Waals surface area contributed by atoms with Gasteiger partial charge in [0.1, 0.15) is 12.1 Å². The average Bonchev–Trinajstić information content (AvgIpc) is 3.04. The van der Waals surface area contributed by atoms with Gasteiger partial charge in [-0.15, -0.1) is 0 Å². The number of hydrogen-bond acceptors (Lipinski definition) is 3. The second-order valence-corrected chi connectivity index (χ2v) is 5.53. The quantitative estimate of drug-likeness (QED) is 0.847. The molecular formula is C15H16FNO3. The predicted octanol–water partition coefficient (Wildman–Crippen LogP) is 1.30. The molecule has 2 N–H and O–H groups in total. The normalized spacial score (nSPS) is 28.4. The fraction of sp³-hybridized carbons (Fsp3) is 0.467. The van der Waals surface area contributed by atoms with E-state index in [0.29, 0.717) is 37.0 Å². The smallest absolute Gasteiger partial charge is 0.223 e. The molecule has 3 rings (SSSR count). The summed E-state index contributed by atoms with van der Waals surface area (Å²) in [4.78, 5) is 22.3. The van der Waals surface area contributed by atoms with Crippen molar-refractivity contribution in [1.82, 2.24) is 0 Å². The molecule has 20 heavy (non-hydrogen) atoms. The van der Waals surface area contributed by atoms with Gasteiger partial charge in [0, 0.05) is 12.5 Å². The van der Waals surface area contributed by atoms with E-state index < -0.39 is 17.9 Å². The Balaban J connectivity index is 1.95. The first kappa shape index (κ1) is 13.2. The number of ether oxygens (including phenoxy) is 1. The van der Waals surface area contributed by atoms with Gasteiger partial charge in [-0.05, 0) is 42.0 Å². The molecule has 5 heteroatoms. The van der Waals surface area contributed by atoms with Crippen LogP contribution < -0.4 is 5.73 Å². The van der Waals surface area contributed by atoms with E-state index in [1.54, 1.807) is 0 Å². The van der Waals surface area contributed by atoms with E-state index in [-0.39, 0.29) is 11.7 Å². The predicted molar refractivity (Wildman–Crippen MR) is 69.4 cm³/mol. The zero-order valence-electron chi connectivity index (χ0n) is 11.0. The van der Waals surface area contributed by atoms with Crippen molar-refractivity contribution in [3.8, 4) is 0 Å². The lowest BCUT2D eigenvalue weighted by Crippen LogP contribution is -2.25. The molecule has 0 bridgehead atoms. The summed E-state index contributed by atoms with van der Waals surface area (Å²) in [5, 5.41) is 0. The van der Waals surface area contributed by atoms with Crippen LogP contribution in [0.5, 0.6) is 0 Å². The Kier molecular flexibility index (Phi) is 3.30. The van der Waals surface area contributed by atoms with Crippen molar-refractivity contribution >= 4 is 12.2 Å². The van der Waals surface area contributed by atoms with E-state index in [2.05, 4.69) is 0 Å². The van der Waals surface area contributed by atoms with Crippen molar-refractivity contribution in [2.24, 2.45) is 17.6 Å². The molecule has 1 aliphatic carbocycles. The van der Waals surface area contributed by atoms with Gasteiger partial charge in [-0.3, -0.25) is 4.79 Å². The number of hydrogen-bond donors (Lipinski definition) is 1. The van der Waals surface area contributed by atoms with Crippen molar-refractivity contribution in [1.29, 1.82) is 0 Å². The maximum absolute atomic E-state index is 14.2. The highest BCUT2D eigenvalue weighted by molar-refractivity contribution is 5.77. The van der Waals surface area contributed by atoms with Crippen molar-refractivity contribution in [3.05, 3.63) is 34.6 Å². The Labute approximate surface area is 116 Å². The zero-order chi connectivity index (χ0) is 14.3. The Morgan fingerprint density at radius 3 is 2.90 bits per heavy atom. The highest BCUT2D eigenvalue weighted by atomic mass is 19.1. The molecule has 1 aromatic rings. The standard InChI is InChI=1S/C15H16FNO3/c16-13-6-10(14-11(15(17)19)1-2-20-14)5-9-3-8(7-18)4-12(9)13/h5-8,11,14H,1-4H2,(H2,17,19). The maximum Gasteiger partial charge on any atom is 0.223 e. The van der Waals surface area contributed by atoms with E-state index in [4.69, 9.17) is 10.5 Å². The van der Waals surface area contributed by atoms with Crippen LogP contribution in [-0.2, 0) is 27.2 Å². The lowest BCUT2D eigenvalue weighted by molar-refractivity contribution is -0.123. The first-order valence-corrected chi connectivity index (χ1v) is 6.77. The van der Waals surface area contributed by atoms with Gasteiger partial charge < -0.3 is 15.3 Å². The number of halogens is 1. The first-order chi connectivity index (χ1) is 9.60. The topological polar surface area (TPSA) is 69.4 Å². The van der Waals surface area contributed by atoms with Gasteiger partial charge in [0.25, 0.3) is 0 Å². The molecule has 0 saturated carbocycles. The largest absolute Gasteiger partial charge is 0.373 e. The summed E-state index contributed by atoms with van der Waals surface area (Å²) in [6, 6.07) is 3.27. The van der Waals surface area contributed by atoms with Crippen molar-refractivity contribution < 1.29 is 18.7 Å². The number of nitrogens with two attached hydrogens (primary N) is 1. The number of carbonyl (C=O) groups excluding carboxylic acids is 2. The molecule has 1 fully saturated rings. The summed E-state index contributed by atoms with van der Waals surface area (Å²) < 4.78 is 19.7. The van der Waals surface area contributed by atoms with Gasteiger partial charge >= 0.3 is 0 Å². The summed E-state index contributed by atoms with van der Waals surface area (Å²) in [7, 11) is 0. The minimum absolute atomic E-state index is 0.147. The monoisotopic (exact) mass is 277 g/mol. The third-order valence-corrected chi connectivity index (χ3v) is 4.24. The van der Waals surface area contributed by atoms with Crippen LogP contribution in [0.3, 0.4) is 0 Å². The lowest BCUT2D eigenvalue weighted by atomic mass is 9.92. The van der Waals surface area contributed by atoms with Crippen molar-refractivity contribution in [3.63, 3.8) is 0 Å². The van der Waals surface area contributed by atoms with Crippen LogP contribution in [0.1, 0.15) is 29.2 Å². The van der Waals surface area contributed by atoms with Crippen LogP contribution in [0.4, 0.5) is 4.39 Å². The number of primary amides is 1. The van der Waals surface area contributed by atoms with E-state index in [1.165, 1.54) is 6.07 Å². The highest BCUT2D eigenvalue weighted by Crippen LogP contribution is 2.38.